The van der Waals surface area contributed by atoms with E-state index in [1.807, 2.05) is 0 Å². The standard InChI is InChI=1S/C16H12O8.C15H10O8/c1-23-16-14(22)12-8(18)4-7(17)5-11(12)24-15(16)6-2-9(19)13(21)10(20)3-6;16-6-3-7(17)11-10(4-6)23-15(14(22)13(11)21)5-1-8(18)12(20)9(19)2-5/h2-5,17-21H,1H3;1-4,16-20,22H. The molecule has 242 valence electrons. The molecule has 0 atom stereocenters. The first-order valence-electron chi connectivity index (χ1n) is 12.9. The number of fused-ring (bicyclic) bond motifs is 2. The molecule has 0 spiro atoms. The van der Waals surface area contributed by atoms with Crippen molar-refractivity contribution in [2.45, 2.75) is 0 Å². The van der Waals surface area contributed by atoms with Crippen molar-refractivity contribution in [3.05, 3.63) is 69.0 Å². The zero-order valence-corrected chi connectivity index (χ0v) is 23.6. The number of methoxy groups -OCH3 is 1. The average molecular weight is 651 g/mol. The van der Waals surface area contributed by atoms with E-state index < -0.39 is 68.4 Å². The van der Waals surface area contributed by atoms with Gasteiger partial charge in [-0.1, -0.05) is 0 Å². The largest absolute Gasteiger partial charge is 0.508 e. The van der Waals surface area contributed by atoms with Crippen LogP contribution in [-0.2, 0) is 0 Å². The minimum Gasteiger partial charge on any atom is -0.508 e. The molecule has 2 heterocycles. The van der Waals surface area contributed by atoms with Gasteiger partial charge >= 0.3 is 0 Å². The van der Waals surface area contributed by atoms with Crippen LogP contribution >= 0.6 is 0 Å². The number of rotatable bonds is 3. The summed E-state index contributed by atoms with van der Waals surface area (Å²) in [5.74, 6) is -7.64. The Morgan fingerprint density at radius 3 is 1.28 bits per heavy atom. The first-order chi connectivity index (χ1) is 22.1. The second kappa shape index (κ2) is 11.4. The van der Waals surface area contributed by atoms with E-state index in [1.54, 1.807) is 0 Å². The van der Waals surface area contributed by atoms with Crippen LogP contribution in [-0.4, -0.2) is 63.3 Å². The molecule has 16 heteroatoms. The van der Waals surface area contributed by atoms with Gasteiger partial charge in [-0.15, -0.1) is 0 Å². The van der Waals surface area contributed by atoms with Gasteiger partial charge in [0.05, 0.1) is 7.11 Å². The normalized spacial score (nSPS) is 10.9. The first-order valence-corrected chi connectivity index (χ1v) is 12.9. The number of phenols is 10. The van der Waals surface area contributed by atoms with Crippen molar-refractivity contribution in [3.8, 4) is 91.6 Å². The number of hydrogen-bond acceptors (Lipinski definition) is 16. The molecule has 6 rings (SSSR count). The Hall–Kier alpha value is -7.10. The lowest BCUT2D eigenvalue weighted by Crippen LogP contribution is -2.07. The Balaban J connectivity index is 0.000000185. The van der Waals surface area contributed by atoms with Crippen LogP contribution in [0, 0.1) is 0 Å². The summed E-state index contributed by atoms with van der Waals surface area (Å²) in [6.45, 7) is 0. The van der Waals surface area contributed by atoms with E-state index in [0.29, 0.717) is 0 Å². The van der Waals surface area contributed by atoms with Crippen molar-refractivity contribution in [1.29, 1.82) is 0 Å². The molecule has 0 saturated heterocycles. The summed E-state index contributed by atoms with van der Waals surface area (Å²) in [5, 5.41) is 105. The fraction of sp³-hybridized carbons (Fsp3) is 0.0323. The number of ether oxygens (including phenoxy) is 1. The lowest BCUT2D eigenvalue weighted by Gasteiger charge is -2.11. The maximum Gasteiger partial charge on any atom is 0.239 e. The molecule has 16 nitrogen and oxygen atoms in total. The van der Waals surface area contributed by atoms with Gasteiger partial charge in [-0.3, -0.25) is 9.59 Å². The Labute approximate surface area is 259 Å². The van der Waals surface area contributed by atoms with E-state index in [1.165, 1.54) is 7.11 Å². The fourth-order valence-corrected chi connectivity index (χ4v) is 4.59. The third kappa shape index (κ3) is 5.42. The number of hydrogen-bond donors (Lipinski definition) is 11. The summed E-state index contributed by atoms with van der Waals surface area (Å²) in [6, 6.07) is 8.12. The summed E-state index contributed by atoms with van der Waals surface area (Å²) in [4.78, 5) is 24.7. The zero-order chi connectivity index (χ0) is 34.5. The maximum atomic E-state index is 12.5. The molecule has 11 N–H and O–H groups in total. The van der Waals surface area contributed by atoms with Gasteiger partial charge in [0.2, 0.25) is 22.4 Å². The van der Waals surface area contributed by atoms with Crippen molar-refractivity contribution >= 4 is 21.9 Å². The highest BCUT2D eigenvalue weighted by atomic mass is 16.5. The SMILES string of the molecule is COc1c(-c2cc(O)c(O)c(O)c2)oc2cc(O)cc(O)c2c1=O.O=c1c(O)c(-c2cc(O)c(O)c(O)c2)oc2cc(O)cc(O)c12. The van der Waals surface area contributed by atoms with E-state index in [4.69, 9.17) is 13.6 Å². The van der Waals surface area contributed by atoms with Crippen LogP contribution in [0.4, 0.5) is 0 Å². The minimum absolute atomic E-state index is 0.0430. The maximum absolute atomic E-state index is 12.5. The number of phenolic OH excluding ortho intramolecular Hbond substituents is 10. The second-order valence-corrected chi connectivity index (χ2v) is 9.80. The summed E-state index contributed by atoms with van der Waals surface area (Å²) >= 11 is 0. The van der Waals surface area contributed by atoms with E-state index in [9.17, 15) is 65.8 Å². The highest BCUT2D eigenvalue weighted by Gasteiger charge is 2.23. The third-order valence-corrected chi connectivity index (χ3v) is 6.72. The van der Waals surface area contributed by atoms with E-state index in [2.05, 4.69) is 0 Å². The monoisotopic (exact) mass is 650 g/mol. The van der Waals surface area contributed by atoms with Crippen LogP contribution in [0.15, 0.2) is 67.0 Å². The van der Waals surface area contributed by atoms with Crippen molar-refractivity contribution in [1.82, 2.24) is 0 Å². The van der Waals surface area contributed by atoms with Crippen LogP contribution in [0.5, 0.6) is 69.0 Å². The van der Waals surface area contributed by atoms with Crippen LogP contribution in [0.1, 0.15) is 0 Å². The highest BCUT2D eigenvalue weighted by Crippen LogP contribution is 2.43. The van der Waals surface area contributed by atoms with Gasteiger partial charge in [0.1, 0.15) is 44.9 Å². The highest BCUT2D eigenvalue weighted by molar-refractivity contribution is 5.89. The molecule has 0 fully saturated rings. The van der Waals surface area contributed by atoms with E-state index in [-0.39, 0.29) is 56.1 Å². The van der Waals surface area contributed by atoms with Crippen LogP contribution in [0.2, 0.25) is 0 Å². The van der Waals surface area contributed by atoms with Gasteiger partial charge in [-0.2, -0.15) is 0 Å². The van der Waals surface area contributed by atoms with Gasteiger partial charge in [0, 0.05) is 35.4 Å². The van der Waals surface area contributed by atoms with Gasteiger partial charge in [-0.05, 0) is 24.3 Å². The van der Waals surface area contributed by atoms with Gasteiger partial charge in [-0.25, -0.2) is 0 Å². The molecule has 0 aliphatic heterocycles. The number of benzene rings is 4. The van der Waals surface area contributed by atoms with E-state index in [0.717, 1.165) is 48.5 Å². The predicted octanol–water partition coefficient (Wildman–Crippen LogP) is 3.69. The topological polar surface area (TPSA) is 292 Å². The summed E-state index contributed by atoms with van der Waals surface area (Å²) in [5.41, 5.74) is -2.07. The molecule has 47 heavy (non-hydrogen) atoms. The molecule has 0 saturated carbocycles. The van der Waals surface area contributed by atoms with Crippen LogP contribution < -0.4 is 15.6 Å². The molecule has 0 aliphatic rings. The second-order valence-electron chi connectivity index (χ2n) is 9.80. The smallest absolute Gasteiger partial charge is 0.239 e. The Kier molecular flexibility index (Phi) is 7.62. The quantitative estimate of drug-likeness (QED) is 0.122. The number of aromatic hydroxyl groups is 11. The molecule has 0 unspecified atom stereocenters. The van der Waals surface area contributed by atoms with E-state index >= 15 is 0 Å². The lowest BCUT2D eigenvalue weighted by atomic mass is 10.1. The van der Waals surface area contributed by atoms with Crippen molar-refractivity contribution < 1.29 is 69.7 Å². The van der Waals surface area contributed by atoms with Gasteiger partial charge in [0.15, 0.2) is 46.0 Å². The molecular weight excluding hydrogens is 628 g/mol. The van der Waals surface area contributed by atoms with Crippen LogP contribution in [0.3, 0.4) is 0 Å². The van der Waals surface area contributed by atoms with Crippen molar-refractivity contribution in [2.75, 3.05) is 7.11 Å². The Morgan fingerprint density at radius 1 is 0.468 bits per heavy atom. The van der Waals surface area contributed by atoms with Gasteiger partial charge < -0.3 is 69.7 Å². The summed E-state index contributed by atoms with van der Waals surface area (Å²) < 4.78 is 15.8. The summed E-state index contributed by atoms with van der Waals surface area (Å²) in [6.07, 6.45) is 0. The van der Waals surface area contributed by atoms with Crippen molar-refractivity contribution in [2.24, 2.45) is 0 Å². The third-order valence-electron chi connectivity index (χ3n) is 6.72. The molecule has 0 aliphatic carbocycles. The zero-order valence-electron chi connectivity index (χ0n) is 23.6. The summed E-state index contributed by atoms with van der Waals surface area (Å²) in [7, 11) is 1.21. The molecule has 0 radical (unpaired) electrons. The van der Waals surface area contributed by atoms with Crippen LogP contribution in [0.25, 0.3) is 44.6 Å². The minimum atomic E-state index is -0.967. The molecule has 0 bridgehead atoms. The average Bonchev–Trinajstić information content (AvgIpc) is 2.99. The molecule has 2 aromatic heterocycles. The van der Waals surface area contributed by atoms with Crippen molar-refractivity contribution in [3.63, 3.8) is 0 Å². The molecule has 4 aromatic carbocycles. The Morgan fingerprint density at radius 2 is 0.851 bits per heavy atom. The lowest BCUT2D eigenvalue weighted by molar-refractivity contribution is 0.367. The van der Waals surface area contributed by atoms with Gasteiger partial charge in [0.25, 0.3) is 0 Å². The molecular formula is C31H22O16. The predicted molar refractivity (Wildman–Crippen MR) is 161 cm³/mol. The first kappa shape index (κ1) is 31.3. The Bertz CT molecular complexity index is 2310. The fourth-order valence-electron chi connectivity index (χ4n) is 4.59. The molecule has 6 aromatic rings. The molecule has 0 amide bonds.